The Labute approximate surface area is 128 Å². The maximum atomic E-state index is 6.28. The van der Waals surface area contributed by atoms with Crippen LogP contribution in [0.1, 0.15) is 10.4 Å². The second-order valence-electron chi connectivity index (χ2n) is 4.32. The summed E-state index contributed by atoms with van der Waals surface area (Å²) in [5.41, 5.74) is 1.98. The molecular weight excluding hydrogens is 344 g/mol. The first-order chi connectivity index (χ1) is 9.06. The fourth-order valence-corrected chi connectivity index (χ4v) is 3.29. The Morgan fingerprint density at radius 2 is 1.89 bits per heavy atom. The van der Waals surface area contributed by atoms with E-state index in [1.54, 1.807) is 11.3 Å². The molecule has 2 nitrogen and oxygen atoms in total. The largest absolute Gasteiger partial charge is 0.227 e. The zero-order valence-corrected chi connectivity index (χ0v) is 13.5. The quantitative estimate of drug-likeness (QED) is 0.548. The van der Waals surface area contributed by atoms with E-state index in [1.807, 2.05) is 25.1 Å². The van der Waals surface area contributed by atoms with E-state index >= 15 is 0 Å². The van der Waals surface area contributed by atoms with Crippen LogP contribution in [0.4, 0.5) is 0 Å². The summed E-state index contributed by atoms with van der Waals surface area (Å²) >= 11 is 11.5. The van der Waals surface area contributed by atoms with Gasteiger partial charge in [-0.2, -0.15) is 0 Å². The van der Waals surface area contributed by atoms with Gasteiger partial charge in [-0.25, -0.2) is 9.97 Å². The molecule has 0 aliphatic carbocycles. The van der Waals surface area contributed by atoms with E-state index in [4.69, 9.17) is 11.6 Å². The summed E-state index contributed by atoms with van der Waals surface area (Å²) in [6.45, 7) is 4.10. The molecule has 96 valence electrons. The van der Waals surface area contributed by atoms with Crippen LogP contribution in [-0.4, -0.2) is 9.97 Å². The van der Waals surface area contributed by atoms with Gasteiger partial charge >= 0.3 is 0 Å². The summed E-state index contributed by atoms with van der Waals surface area (Å²) in [5.74, 6) is 0.691. The van der Waals surface area contributed by atoms with E-state index < -0.39 is 0 Å². The number of rotatable bonds is 1. The van der Waals surface area contributed by atoms with Crippen molar-refractivity contribution in [3.05, 3.63) is 44.3 Å². The highest BCUT2D eigenvalue weighted by atomic mass is 79.9. The van der Waals surface area contributed by atoms with Crippen molar-refractivity contribution in [2.24, 2.45) is 0 Å². The summed E-state index contributed by atoms with van der Waals surface area (Å²) < 4.78 is 1.03. The number of aromatic nitrogens is 2. The molecule has 2 heterocycles. The van der Waals surface area contributed by atoms with Gasteiger partial charge in [-0.1, -0.05) is 27.5 Å². The van der Waals surface area contributed by atoms with Crippen LogP contribution in [0, 0.1) is 13.8 Å². The number of thiophene rings is 1. The summed E-state index contributed by atoms with van der Waals surface area (Å²) in [4.78, 5) is 11.3. The highest BCUT2D eigenvalue weighted by molar-refractivity contribution is 9.10. The lowest BCUT2D eigenvalue weighted by Crippen LogP contribution is -1.93. The lowest BCUT2D eigenvalue weighted by Gasteiger charge is -2.07. The second kappa shape index (κ2) is 4.85. The van der Waals surface area contributed by atoms with Gasteiger partial charge in [0.1, 0.15) is 5.15 Å². The summed E-state index contributed by atoms with van der Waals surface area (Å²) in [5, 5.41) is 1.39. The number of halogens is 2. The zero-order valence-electron chi connectivity index (χ0n) is 10.4. The second-order valence-corrected chi connectivity index (χ2v) is 6.82. The van der Waals surface area contributed by atoms with Gasteiger partial charge in [0.15, 0.2) is 5.82 Å². The minimum atomic E-state index is 0.502. The summed E-state index contributed by atoms with van der Waals surface area (Å²) in [7, 11) is 0. The lowest BCUT2D eigenvalue weighted by molar-refractivity contribution is 1.22. The van der Waals surface area contributed by atoms with Crippen LogP contribution in [-0.2, 0) is 0 Å². The van der Waals surface area contributed by atoms with E-state index in [-0.39, 0.29) is 0 Å². The molecule has 3 aromatic rings. The molecule has 0 saturated carbocycles. The van der Waals surface area contributed by atoms with Crippen molar-refractivity contribution in [1.82, 2.24) is 9.97 Å². The highest BCUT2D eigenvalue weighted by Crippen LogP contribution is 2.32. The lowest BCUT2D eigenvalue weighted by atomic mass is 10.1. The first-order valence-electron chi connectivity index (χ1n) is 5.75. The minimum Gasteiger partial charge on any atom is -0.227 e. The Bertz CT molecular complexity index is 782. The van der Waals surface area contributed by atoms with Crippen LogP contribution < -0.4 is 0 Å². The Morgan fingerprint density at radius 3 is 2.58 bits per heavy atom. The smallest absolute Gasteiger partial charge is 0.171 e. The fraction of sp³-hybridized carbons (Fsp3) is 0.143. The molecule has 0 spiro atoms. The molecule has 2 aromatic heterocycles. The van der Waals surface area contributed by atoms with Gasteiger partial charge in [0, 0.05) is 14.7 Å². The standard InChI is InChI=1S/C14H10BrClN2S/c1-7-3-6-11(19-7)14-17-12-8(2)10(15)5-4-9(12)13(16)18-14/h3-6H,1-2H3. The van der Waals surface area contributed by atoms with Crippen LogP contribution in [0.3, 0.4) is 0 Å². The van der Waals surface area contributed by atoms with E-state index in [9.17, 15) is 0 Å². The van der Waals surface area contributed by atoms with Gasteiger partial charge in [-0.3, -0.25) is 0 Å². The van der Waals surface area contributed by atoms with Crippen molar-refractivity contribution in [3.63, 3.8) is 0 Å². The molecule has 0 aliphatic rings. The van der Waals surface area contributed by atoms with Crippen LogP contribution in [0.25, 0.3) is 21.6 Å². The van der Waals surface area contributed by atoms with E-state index in [0.29, 0.717) is 11.0 Å². The van der Waals surface area contributed by atoms with Crippen molar-refractivity contribution in [2.75, 3.05) is 0 Å². The Balaban J connectivity index is 2.31. The van der Waals surface area contributed by atoms with Crippen molar-refractivity contribution in [2.45, 2.75) is 13.8 Å². The Hall–Kier alpha value is -0.970. The van der Waals surface area contributed by atoms with Gasteiger partial charge in [0.05, 0.1) is 10.4 Å². The van der Waals surface area contributed by atoms with E-state index in [0.717, 1.165) is 25.8 Å². The third-order valence-electron chi connectivity index (χ3n) is 2.97. The normalized spacial score (nSPS) is 11.2. The molecule has 0 N–H and O–H groups in total. The summed E-state index contributed by atoms with van der Waals surface area (Å²) in [6.07, 6.45) is 0. The molecule has 0 atom stereocenters. The predicted octanol–water partition coefficient (Wildman–Crippen LogP) is 5.39. The number of benzene rings is 1. The van der Waals surface area contributed by atoms with Crippen molar-refractivity contribution < 1.29 is 0 Å². The first-order valence-corrected chi connectivity index (χ1v) is 7.74. The average Bonchev–Trinajstić information content (AvgIpc) is 2.81. The number of hydrogen-bond donors (Lipinski definition) is 0. The topological polar surface area (TPSA) is 25.8 Å². The minimum absolute atomic E-state index is 0.502. The molecule has 5 heteroatoms. The first kappa shape index (κ1) is 13.0. The maximum absolute atomic E-state index is 6.28. The monoisotopic (exact) mass is 352 g/mol. The third-order valence-corrected chi connectivity index (χ3v) is 5.11. The van der Waals surface area contributed by atoms with Crippen LogP contribution in [0.2, 0.25) is 5.15 Å². The van der Waals surface area contributed by atoms with Crippen LogP contribution >= 0.6 is 38.9 Å². The molecule has 0 fully saturated rings. The van der Waals surface area contributed by atoms with E-state index in [1.165, 1.54) is 4.88 Å². The molecular formula is C14H10BrClN2S. The van der Waals surface area contributed by atoms with E-state index in [2.05, 4.69) is 38.9 Å². The van der Waals surface area contributed by atoms with Crippen molar-refractivity contribution in [3.8, 4) is 10.7 Å². The summed E-state index contributed by atoms with van der Waals surface area (Å²) in [6, 6.07) is 8.01. The molecule has 3 rings (SSSR count). The molecule has 0 unspecified atom stereocenters. The van der Waals surface area contributed by atoms with Crippen molar-refractivity contribution in [1.29, 1.82) is 0 Å². The highest BCUT2D eigenvalue weighted by Gasteiger charge is 2.12. The predicted molar refractivity (Wildman–Crippen MR) is 85.0 cm³/mol. The van der Waals surface area contributed by atoms with Crippen molar-refractivity contribution >= 4 is 49.8 Å². The molecule has 0 saturated heterocycles. The molecule has 0 aliphatic heterocycles. The van der Waals surface area contributed by atoms with Crippen LogP contribution in [0.15, 0.2) is 28.7 Å². The van der Waals surface area contributed by atoms with Gasteiger partial charge in [0.2, 0.25) is 0 Å². The van der Waals surface area contributed by atoms with Gasteiger partial charge in [-0.05, 0) is 43.7 Å². The molecule has 0 amide bonds. The third kappa shape index (κ3) is 2.29. The van der Waals surface area contributed by atoms with Gasteiger partial charge in [-0.15, -0.1) is 11.3 Å². The molecule has 19 heavy (non-hydrogen) atoms. The fourth-order valence-electron chi connectivity index (χ4n) is 1.94. The Kier molecular flexibility index (Phi) is 3.33. The number of fused-ring (bicyclic) bond motifs is 1. The zero-order chi connectivity index (χ0) is 13.6. The SMILES string of the molecule is Cc1ccc(-c2nc(Cl)c3ccc(Br)c(C)c3n2)s1. The van der Waals surface area contributed by atoms with Gasteiger partial charge < -0.3 is 0 Å². The average molecular weight is 354 g/mol. The number of aryl methyl sites for hydroxylation is 2. The Morgan fingerprint density at radius 1 is 1.11 bits per heavy atom. The number of nitrogens with zero attached hydrogens (tertiary/aromatic N) is 2. The molecule has 0 bridgehead atoms. The molecule has 1 aromatic carbocycles. The van der Waals surface area contributed by atoms with Gasteiger partial charge in [0.25, 0.3) is 0 Å². The molecule has 0 radical (unpaired) electrons. The number of hydrogen-bond acceptors (Lipinski definition) is 3. The maximum Gasteiger partial charge on any atom is 0.171 e. The van der Waals surface area contributed by atoms with Crippen LogP contribution in [0.5, 0.6) is 0 Å².